The molecule has 0 saturated carbocycles. The minimum atomic E-state index is -0.372. The fraction of sp³-hybridized carbons (Fsp3) is 0.600. The summed E-state index contributed by atoms with van der Waals surface area (Å²) in [6.07, 6.45) is 0. The summed E-state index contributed by atoms with van der Waals surface area (Å²) in [7, 11) is 0. The number of H-pyrrole nitrogens is 1. The third kappa shape index (κ3) is 0.896. The van der Waals surface area contributed by atoms with Crippen LogP contribution in [0.3, 0.4) is 0 Å². The molecular formula is C5H10N4O. The number of hydrogen-bond donors (Lipinski definition) is 2. The van der Waals surface area contributed by atoms with Crippen LogP contribution < -0.4 is 11.5 Å². The van der Waals surface area contributed by atoms with Crippen LogP contribution in [-0.4, -0.2) is 14.9 Å². The Kier molecular flexibility index (Phi) is 1.48. The average molecular weight is 142 g/mol. The first-order chi connectivity index (χ1) is 4.63. The van der Waals surface area contributed by atoms with E-state index in [0.717, 1.165) is 4.68 Å². The van der Waals surface area contributed by atoms with Gasteiger partial charge in [-0.2, -0.15) is 9.77 Å². The molecule has 1 heterocycles. The predicted octanol–water partition coefficient (Wildman–Crippen LogP) is -0.591. The molecule has 0 fully saturated rings. The SMILES string of the molecule is CC(C)c1n[nH]c(=O)n1N. The van der Waals surface area contributed by atoms with Gasteiger partial charge in [-0.1, -0.05) is 13.8 Å². The second-order valence-electron chi connectivity index (χ2n) is 2.41. The molecule has 1 aromatic rings. The molecule has 0 aliphatic carbocycles. The molecule has 0 amide bonds. The largest absolute Gasteiger partial charge is 0.361 e. The van der Waals surface area contributed by atoms with E-state index in [1.807, 2.05) is 13.8 Å². The summed E-state index contributed by atoms with van der Waals surface area (Å²) in [5, 5.41) is 5.97. The number of aromatic amines is 1. The molecule has 0 spiro atoms. The normalized spacial score (nSPS) is 10.7. The van der Waals surface area contributed by atoms with E-state index in [2.05, 4.69) is 10.2 Å². The Labute approximate surface area is 57.8 Å². The van der Waals surface area contributed by atoms with Crippen molar-refractivity contribution in [1.29, 1.82) is 0 Å². The lowest BCUT2D eigenvalue weighted by molar-refractivity contribution is 0.725. The standard InChI is InChI=1S/C5H10N4O/c1-3(2)4-7-8-5(10)9(4)6/h3H,6H2,1-2H3,(H,8,10). The summed E-state index contributed by atoms with van der Waals surface area (Å²) in [6.45, 7) is 3.83. The Bertz CT molecular complexity index is 271. The maximum Gasteiger partial charge on any atom is 0.361 e. The zero-order valence-electron chi connectivity index (χ0n) is 5.96. The van der Waals surface area contributed by atoms with Crippen LogP contribution in [0.4, 0.5) is 0 Å². The van der Waals surface area contributed by atoms with E-state index in [4.69, 9.17) is 5.84 Å². The van der Waals surface area contributed by atoms with Crippen molar-refractivity contribution < 1.29 is 0 Å². The van der Waals surface area contributed by atoms with Crippen molar-refractivity contribution in [3.8, 4) is 0 Å². The van der Waals surface area contributed by atoms with Gasteiger partial charge in [0.25, 0.3) is 0 Å². The summed E-state index contributed by atoms with van der Waals surface area (Å²) in [5.74, 6) is 6.06. The number of nitrogens with zero attached hydrogens (tertiary/aromatic N) is 2. The fourth-order valence-electron chi connectivity index (χ4n) is 0.724. The van der Waals surface area contributed by atoms with Crippen molar-refractivity contribution in [1.82, 2.24) is 14.9 Å². The van der Waals surface area contributed by atoms with Crippen LogP contribution in [0.1, 0.15) is 25.6 Å². The van der Waals surface area contributed by atoms with Gasteiger partial charge in [-0.15, -0.1) is 0 Å². The van der Waals surface area contributed by atoms with Crippen molar-refractivity contribution in [3.05, 3.63) is 16.3 Å². The second-order valence-corrected chi connectivity index (χ2v) is 2.41. The number of nitrogens with one attached hydrogen (secondary N) is 1. The van der Waals surface area contributed by atoms with E-state index in [1.165, 1.54) is 0 Å². The van der Waals surface area contributed by atoms with E-state index in [9.17, 15) is 4.79 Å². The smallest absolute Gasteiger partial charge is 0.333 e. The summed E-state index contributed by atoms with van der Waals surface area (Å²) in [5.41, 5.74) is -0.372. The van der Waals surface area contributed by atoms with Crippen molar-refractivity contribution >= 4 is 0 Å². The monoisotopic (exact) mass is 142 g/mol. The molecule has 3 N–H and O–H groups in total. The van der Waals surface area contributed by atoms with Gasteiger partial charge < -0.3 is 5.84 Å². The number of nitrogens with two attached hydrogens (primary N) is 1. The zero-order chi connectivity index (χ0) is 7.72. The highest BCUT2D eigenvalue weighted by molar-refractivity contribution is 4.91. The van der Waals surface area contributed by atoms with Crippen LogP contribution >= 0.6 is 0 Å². The molecule has 5 heteroatoms. The molecule has 1 aromatic heterocycles. The lowest BCUT2D eigenvalue weighted by Gasteiger charge is -1.99. The van der Waals surface area contributed by atoms with Gasteiger partial charge in [-0.05, 0) is 0 Å². The Morgan fingerprint density at radius 3 is 2.50 bits per heavy atom. The lowest BCUT2D eigenvalue weighted by Crippen LogP contribution is -2.26. The van der Waals surface area contributed by atoms with Gasteiger partial charge in [0.05, 0.1) is 0 Å². The quantitative estimate of drug-likeness (QED) is 0.514. The Balaban J connectivity index is 3.18. The van der Waals surface area contributed by atoms with E-state index < -0.39 is 0 Å². The second kappa shape index (κ2) is 2.17. The van der Waals surface area contributed by atoms with Crippen molar-refractivity contribution in [2.24, 2.45) is 0 Å². The van der Waals surface area contributed by atoms with Crippen LogP contribution in [0.5, 0.6) is 0 Å². The third-order valence-corrected chi connectivity index (χ3v) is 1.25. The van der Waals surface area contributed by atoms with E-state index in [1.54, 1.807) is 0 Å². The predicted molar refractivity (Wildman–Crippen MR) is 37.1 cm³/mol. The van der Waals surface area contributed by atoms with Gasteiger partial charge >= 0.3 is 5.69 Å². The van der Waals surface area contributed by atoms with Gasteiger partial charge in [0.15, 0.2) is 5.82 Å². The molecule has 0 aliphatic heterocycles. The molecule has 56 valence electrons. The van der Waals surface area contributed by atoms with Gasteiger partial charge in [-0.3, -0.25) is 0 Å². The van der Waals surface area contributed by atoms with Gasteiger partial charge in [0.1, 0.15) is 0 Å². The van der Waals surface area contributed by atoms with Crippen LogP contribution in [0.15, 0.2) is 4.79 Å². The maximum absolute atomic E-state index is 10.7. The zero-order valence-corrected chi connectivity index (χ0v) is 5.96. The molecule has 0 radical (unpaired) electrons. The lowest BCUT2D eigenvalue weighted by atomic mass is 10.2. The molecule has 5 nitrogen and oxygen atoms in total. The van der Waals surface area contributed by atoms with Gasteiger partial charge in [-0.25, -0.2) is 9.89 Å². The number of rotatable bonds is 1. The third-order valence-electron chi connectivity index (χ3n) is 1.25. The first-order valence-corrected chi connectivity index (χ1v) is 3.05. The van der Waals surface area contributed by atoms with Crippen LogP contribution in [0.25, 0.3) is 0 Å². The molecule has 0 bridgehead atoms. The van der Waals surface area contributed by atoms with Crippen molar-refractivity contribution in [2.75, 3.05) is 5.84 Å². The summed E-state index contributed by atoms with van der Waals surface area (Å²) in [6, 6.07) is 0. The summed E-state index contributed by atoms with van der Waals surface area (Å²) < 4.78 is 1.02. The average Bonchev–Trinajstić information content (AvgIpc) is 2.14. The minimum Gasteiger partial charge on any atom is -0.333 e. The fourth-order valence-corrected chi connectivity index (χ4v) is 0.724. The van der Waals surface area contributed by atoms with E-state index in [-0.39, 0.29) is 11.6 Å². The first-order valence-electron chi connectivity index (χ1n) is 3.05. The van der Waals surface area contributed by atoms with Crippen molar-refractivity contribution in [2.45, 2.75) is 19.8 Å². The molecule has 10 heavy (non-hydrogen) atoms. The molecule has 0 aliphatic rings. The molecule has 0 saturated heterocycles. The highest BCUT2D eigenvalue weighted by Gasteiger charge is 2.07. The maximum atomic E-state index is 10.7. The Hall–Kier alpha value is -1.26. The number of aromatic nitrogens is 3. The highest BCUT2D eigenvalue weighted by Crippen LogP contribution is 2.04. The first kappa shape index (κ1) is 6.85. The van der Waals surface area contributed by atoms with Crippen LogP contribution in [0, 0.1) is 0 Å². The molecule has 0 atom stereocenters. The Morgan fingerprint density at radius 1 is 1.70 bits per heavy atom. The van der Waals surface area contributed by atoms with E-state index >= 15 is 0 Å². The molecule has 0 aromatic carbocycles. The number of hydrogen-bond acceptors (Lipinski definition) is 3. The minimum absolute atomic E-state index is 0.170. The number of nitrogen functional groups attached to an aromatic ring is 1. The molecule has 1 rings (SSSR count). The highest BCUT2D eigenvalue weighted by atomic mass is 16.2. The molecule has 0 unspecified atom stereocenters. The molecular weight excluding hydrogens is 132 g/mol. The van der Waals surface area contributed by atoms with Crippen LogP contribution in [0.2, 0.25) is 0 Å². The van der Waals surface area contributed by atoms with Gasteiger partial charge in [0, 0.05) is 5.92 Å². The topological polar surface area (TPSA) is 76.7 Å². The Morgan fingerprint density at radius 2 is 2.30 bits per heavy atom. The van der Waals surface area contributed by atoms with Crippen LogP contribution in [-0.2, 0) is 0 Å². The van der Waals surface area contributed by atoms with E-state index in [0.29, 0.717) is 5.82 Å². The summed E-state index contributed by atoms with van der Waals surface area (Å²) in [4.78, 5) is 10.7. The summed E-state index contributed by atoms with van der Waals surface area (Å²) >= 11 is 0. The van der Waals surface area contributed by atoms with Crippen molar-refractivity contribution in [3.63, 3.8) is 0 Å². The van der Waals surface area contributed by atoms with Gasteiger partial charge in [0.2, 0.25) is 0 Å².